The second kappa shape index (κ2) is 6.25. The van der Waals surface area contributed by atoms with Gasteiger partial charge in [0.2, 0.25) is 0 Å². The molecule has 4 aromatic carbocycles. The zero-order valence-corrected chi connectivity index (χ0v) is 16.1. The number of hydrogen-bond donors (Lipinski definition) is 2. The van der Waals surface area contributed by atoms with Crippen LogP contribution in [0.3, 0.4) is 0 Å². The van der Waals surface area contributed by atoms with Crippen LogP contribution in [0.1, 0.15) is 34.1 Å². The van der Waals surface area contributed by atoms with Gasteiger partial charge in [-0.3, -0.25) is 14.1 Å². The van der Waals surface area contributed by atoms with E-state index in [1.54, 1.807) is 37.3 Å². The summed E-state index contributed by atoms with van der Waals surface area (Å²) in [5, 5.41) is 6.21. The molecule has 0 fully saturated rings. The summed E-state index contributed by atoms with van der Waals surface area (Å²) >= 11 is 0. The van der Waals surface area contributed by atoms with Crippen LogP contribution < -0.4 is 5.32 Å². The molecule has 0 atom stereocenters. The van der Waals surface area contributed by atoms with Crippen molar-refractivity contribution in [1.82, 2.24) is 5.32 Å². The average molecular weight is 395 g/mol. The first kappa shape index (κ1) is 18.3. The van der Waals surface area contributed by atoms with Gasteiger partial charge >= 0.3 is 0 Å². The van der Waals surface area contributed by atoms with E-state index in [1.165, 1.54) is 13.1 Å². The molecule has 6 nitrogen and oxygen atoms in total. The number of carbonyl (C=O) groups excluding carboxylic acids is 2. The number of ketones is 1. The summed E-state index contributed by atoms with van der Waals surface area (Å²) in [4.78, 5) is 24.5. The highest BCUT2D eigenvalue weighted by molar-refractivity contribution is 7.86. The maximum Gasteiger partial charge on any atom is 0.295 e. The summed E-state index contributed by atoms with van der Waals surface area (Å²) in [5.41, 5.74) is 0.687. The number of carbonyl (C=O) groups is 2. The molecule has 0 spiro atoms. The molecule has 142 valence electrons. The summed E-state index contributed by atoms with van der Waals surface area (Å²) in [6.45, 7) is 1.69. The van der Waals surface area contributed by atoms with Gasteiger partial charge in [-0.05, 0) is 39.1 Å². The van der Waals surface area contributed by atoms with Gasteiger partial charge < -0.3 is 5.32 Å². The Morgan fingerprint density at radius 2 is 1.54 bits per heavy atom. The Kier molecular flexibility index (Phi) is 4.10. The lowest BCUT2D eigenvalue weighted by Crippen LogP contribution is -2.18. The van der Waals surface area contributed by atoms with E-state index in [1.807, 2.05) is 6.07 Å². The summed E-state index contributed by atoms with van der Waals surface area (Å²) in [6, 6.07) is 11.6. The fourth-order valence-electron chi connectivity index (χ4n) is 3.83. The highest BCUT2D eigenvalue weighted by atomic mass is 32.2. The van der Waals surface area contributed by atoms with E-state index in [4.69, 9.17) is 0 Å². The second-order valence-electron chi connectivity index (χ2n) is 6.61. The van der Waals surface area contributed by atoms with Crippen molar-refractivity contribution >= 4 is 54.1 Å². The molecule has 1 amide bonds. The molecular weight excluding hydrogens is 378 g/mol. The van der Waals surface area contributed by atoms with E-state index in [-0.39, 0.29) is 28.6 Å². The van der Waals surface area contributed by atoms with Crippen LogP contribution in [0.2, 0.25) is 0 Å². The Bertz CT molecular complexity index is 1390. The number of nitrogens with one attached hydrogen (secondary N) is 1. The Morgan fingerprint density at radius 1 is 0.929 bits per heavy atom. The number of rotatable bonds is 4. The quantitative estimate of drug-likeness (QED) is 0.311. The molecule has 28 heavy (non-hydrogen) atoms. The minimum atomic E-state index is -4.55. The number of benzene rings is 4. The van der Waals surface area contributed by atoms with Crippen molar-refractivity contribution in [2.24, 2.45) is 0 Å². The lowest BCUT2D eigenvalue weighted by molar-refractivity contribution is 0.0962. The van der Waals surface area contributed by atoms with E-state index < -0.39 is 10.1 Å². The Labute approximate surface area is 161 Å². The zero-order valence-electron chi connectivity index (χ0n) is 15.2. The largest absolute Gasteiger partial charge is 0.355 e. The summed E-state index contributed by atoms with van der Waals surface area (Å²) < 4.78 is 33.9. The molecule has 0 radical (unpaired) electrons. The van der Waals surface area contributed by atoms with Gasteiger partial charge in [-0.25, -0.2) is 0 Å². The van der Waals surface area contributed by atoms with E-state index in [0.29, 0.717) is 32.5 Å². The molecule has 2 N–H and O–H groups in total. The van der Waals surface area contributed by atoms with Gasteiger partial charge in [-0.2, -0.15) is 8.42 Å². The lowest BCUT2D eigenvalue weighted by atomic mass is 9.88. The molecule has 4 rings (SSSR count). The topological polar surface area (TPSA) is 101 Å². The van der Waals surface area contributed by atoms with Crippen LogP contribution in [0, 0.1) is 0 Å². The SMILES string of the molecule is CCC(=O)c1cc(S(=O)(=O)O)c2ccc3c(C(=O)NC)ccc4ccc1c2c43. The van der Waals surface area contributed by atoms with Gasteiger partial charge in [0.25, 0.3) is 16.0 Å². The first-order chi connectivity index (χ1) is 13.3. The molecular formula is C21H17NO5S. The van der Waals surface area contributed by atoms with Crippen LogP contribution >= 0.6 is 0 Å². The highest BCUT2D eigenvalue weighted by Gasteiger charge is 2.23. The zero-order chi connectivity index (χ0) is 20.2. The van der Waals surface area contributed by atoms with Gasteiger partial charge in [-0.1, -0.05) is 37.3 Å². The van der Waals surface area contributed by atoms with Gasteiger partial charge in [0.15, 0.2) is 5.78 Å². The Morgan fingerprint density at radius 3 is 2.18 bits per heavy atom. The van der Waals surface area contributed by atoms with E-state index >= 15 is 0 Å². The monoisotopic (exact) mass is 395 g/mol. The van der Waals surface area contributed by atoms with Crippen LogP contribution in [-0.2, 0) is 10.1 Å². The maximum absolute atomic E-state index is 12.5. The molecule has 0 aromatic heterocycles. The molecule has 0 bridgehead atoms. The third-order valence-electron chi connectivity index (χ3n) is 5.11. The number of Topliss-reactive ketones (excluding diaryl/α,β-unsaturated/α-hetero) is 1. The summed E-state index contributed by atoms with van der Waals surface area (Å²) in [5.74, 6) is -0.493. The smallest absolute Gasteiger partial charge is 0.295 e. The van der Waals surface area contributed by atoms with Crippen molar-refractivity contribution in [3.05, 3.63) is 53.6 Å². The minimum Gasteiger partial charge on any atom is -0.355 e. The van der Waals surface area contributed by atoms with Crippen LogP contribution in [-0.4, -0.2) is 31.7 Å². The maximum atomic E-state index is 12.5. The number of amides is 1. The van der Waals surface area contributed by atoms with Crippen molar-refractivity contribution in [3.8, 4) is 0 Å². The van der Waals surface area contributed by atoms with E-state index in [9.17, 15) is 22.6 Å². The molecule has 4 aromatic rings. The molecule has 0 aliphatic rings. The molecule has 7 heteroatoms. The predicted octanol–water partition coefficient (Wildman–Crippen LogP) is 3.78. The van der Waals surface area contributed by atoms with Crippen molar-refractivity contribution in [2.75, 3.05) is 7.05 Å². The molecule has 0 saturated carbocycles. The fraction of sp³-hybridized carbons (Fsp3) is 0.143. The average Bonchev–Trinajstić information content (AvgIpc) is 2.69. The minimum absolute atomic E-state index is 0.193. The summed E-state index contributed by atoms with van der Waals surface area (Å²) in [6.07, 6.45) is 0.193. The van der Waals surface area contributed by atoms with Gasteiger partial charge in [0, 0.05) is 30.0 Å². The van der Waals surface area contributed by atoms with Crippen LogP contribution in [0.25, 0.3) is 32.3 Å². The highest BCUT2D eigenvalue weighted by Crippen LogP contribution is 2.40. The van der Waals surface area contributed by atoms with Crippen molar-refractivity contribution in [1.29, 1.82) is 0 Å². The molecule has 0 heterocycles. The molecule has 0 aliphatic carbocycles. The molecule has 0 saturated heterocycles. The van der Waals surface area contributed by atoms with Crippen LogP contribution in [0.15, 0.2) is 47.4 Å². The van der Waals surface area contributed by atoms with Crippen molar-refractivity contribution in [3.63, 3.8) is 0 Å². The first-order valence-corrected chi connectivity index (χ1v) is 10.2. The van der Waals surface area contributed by atoms with Crippen molar-refractivity contribution < 1.29 is 22.6 Å². The fourth-order valence-corrected chi connectivity index (χ4v) is 4.55. The third kappa shape index (κ3) is 2.55. The normalized spacial score (nSPS) is 12.1. The number of hydrogen-bond acceptors (Lipinski definition) is 4. The van der Waals surface area contributed by atoms with E-state index in [2.05, 4.69) is 5.32 Å². The standard InChI is InChI=1S/C21H17NO5S/c1-3-17(23)16-10-18(28(25,26)27)15-9-8-12-14(21(24)22-2)7-5-11-4-6-13(16)20(15)19(11)12/h4-10H,3H2,1-2H3,(H,22,24)(H,25,26,27). The Balaban J connectivity index is 2.32. The predicted molar refractivity (Wildman–Crippen MR) is 108 cm³/mol. The van der Waals surface area contributed by atoms with Crippen LogP contribution in [0.4, 0.5) is 0 Å². The summed E-state index contributed by atoms with van der Waals surface area (Å²) in [7, 11) is -3.02. The molecule has 0 unspecified atom stereocenters. The Hall–Kier alpha value is -3.03. The van der Waals surface area contributed by atoms with E-state index in [0.717, 1.165) is 5.39 Å². The lowest BCUT2D eigenvalue weighted by Gasteiger charge is -2.17. The van der Waals surface area contributed by atoms with Crippen LogP contribution in [0.5, 0.6) is 0 Å². The van der Waals surface area contributed by atoms with Gasteiger partial charge in [0.1, 0.15) is 4.90 Å². The molecule has 0 aliphatic heterocycles. The first-order valence-electron chi connectivity index (χ1n) is 8.75. The van der Waals surface area contributed by atoms with Gasteiger partial charge in [-0.15, -0.1) is 0 Å². The van der Waals surface area contributed by atoms with Gasteiger partial charge in [0.05, 0.1) is 0 Å². The third-order valence-corrected chi connectivity index (χ3v) is 6.01. The van der Waals surface area contributed by atoms with Crippen molar-refractivity contribution in [2.45, 2.75) is 18.2 Å². The second-order valence-corrected chi connectivity index (χ2v) is 8.00.